The van der Waals surface area contributed by atoms with Crippen molar-refractivity contribution in [3.8, 4) is 5.75 Å². The van der Waals surface area contributed by atoms with Crippen LogP contribution in [-0.2, 0) is 9.59 Å². The highest BCUT2D eigenvalue weighted by Gasteiger charge is 2.69. The van der Waals surface area contributed by atoms with Crippen molar-refractivity contribution in [1.29, 1.82) is 0 Å². The molecule has 1 amide bonds. The minimum Gasteiger partial charge on any atom is -0.508 e. The predicted molar refractivity (Wildman–Crippen MR) is 141 cm³/mol. The number of rotatable bonds is 3. The first-order chi connectivity index (χ1) is 18.3. The van der Waals surface area contributed by atoms with E-state index >= 15 is 0 Å². The number of hydrogen-bond acceptors (Lipinski definition) is 9. The highest BCUT2D eigenvalue weighted by atomic mass is 35.5. The molecule has 5 rings (SSSR count). The second-order valence-electron chi connectivity index (χ2n) is 10.4. The summed E-state index contributed by atoms with van der Waals surface area (Å²) < 4.78 is 0. The predicted octanol–water partition coefficient (Wildman–Crippen LogP) is 0.908. The van der Waals surface area contributed by atoms with Crippen LogP contribution in [0.3, 0.4) is 0 Å². The van der Waals surface area contributed by atoms with E-state index in [9.17, 15) is 39.9 Å². The van der Waals surface area contributed by atoms with Gasteiger partial charge < -0.3 is 36.2 Å². The van der Waals surface area contributed by atoms with Crippen molar-refractivity contribution < 1.29 is 39.9 Å². The molecule has 11 heteroatoms. The van der Waals surface area contributed by atoms with Gasteiger partial charge in [-0.25, -0.2) is 0 Å². The van der Waals surface area contributed by atoms with Gasteiger partial charge in [0.1, 0.15) is 17.4 Å². The molecule has 204 valence electrons. The maximum absolute atomic E-state index is 13.8. The third-order valence-electron chi connectivity index (χ3n) is 8.07. The minimum absolute atomic E-state index is 0.197. The van der Waals surface area contributed by atoms with E-state index in [1.807, 2.05) is 0 Å². The number of nitrogens with two attached hydrogens (primary N) is 1. The Morgan fingerprint density at radius 2 is 1.74 bits per heavy atom. The Bertz CT molecular complexity index is 1480. The summed E-state index contributed by atoms with van der Waals surface area (Å²) in [7, 11) is 3.01. The Hall–Kier alpha value is -3.54. The van der Waals surface area contributed by atoms with Crippen LogP contribution < -0.4 is 5.73 Å². The van der Waals surface area contributed by atoms with E-state index in [2.05, 4.69) is 0 Å². The molecule has 10 nitrogen and oxygen atoms in total. The number of amides is 1. The number of benzene rings is 2. The third-order valence-corrected chi connectivity index (χ3v) is 8.31. The minimum atomic E-state index is -2.93. The average molecular weight is 555 g/mol. The second-order valence-corrected chi connectivity index (χ2v) is 10.8. The molecule has 7 atom stereocenters. The Kier molecular flexibility index (Phi) is 6.44. The summed E-state index contributed by atoms with van der Waals surface area (Å²) in [5, 5.41) is 57.4. The Labute approximate surface area is 228 Å². The number of aliphatic hydroxyl groups excluding tert-OH is 3. The first-order valence-electron chi connectivity index (χ1n) is 12.2. The molecule has 39 heavy (non-hydrogen) atoms. The summed E-state index contributed by atoms with van der Waals surface area (Å²) in [6.45, 7) is 0. The van der Waals surface area contributed by atoms with Crippen LogP contribution in [0.4, 0.5) is 0 Å². The molecule has 1 saturated carbocycles. The molecule has 2 unspecified atom stereocenters. The van der Waals surface area contributed by atoms with E-state index < -0.39 is 76.2 Å². The van der Waals surface area contributed by atoms with E-state index in [0.29, 0.717) is 16.2 Å². The molecule has 1 fully saturated rings. The molecule has 0 aliphatic heterocycles. The van der Waals surface area contributed by atoms with Crippen molar-refractivity contribution in [2.45, 2.75) is 23.9 Å². The van der Waals surface area contributed by atoms with Crippen LogP contribution in [0.2, 0.25) is 5.02 Å². The lowest BCUT2D eigenvalue weighted by molar-refractivity contribution is -0.191. The Balaban J connectivity index is 1.85. The fourth-order valence-corrected chi connectivity index (χ4v) is 6.64. The number of hydrogen-bond donors (Lipinski definition) is 6. The molecule has 2 aromatic carbocycles. The number of primary amides is 1. The van der Waals surface area contributed by atoms with Crippen molar-refractivity contribution in [2.75, 3.05) is 14.1 Å². The zero-order chi connectivity index (χ0) is 28.5. The fourth-order valence-electron chi connectivity index (χ4n) is 6.44. The van der Waals surface area contributed by atoms with Crippen LogP contribution in [0.1, 0.15) is 21.5 Å². The normalized spacial score (nSPS) is 33.2. The second kappa shape index (κ2) is 9.29. The van der Waals surface area contributed by atoms with Crippen LogP contribution in [0.5, 0.6) is 5.75 Å². The smallest absolute Gasteiger partial charge is 0.230 e. The van der Waals surface area contributed by atoms with Gasteiger partial charge in [-0.3, -0.25) is 14.4 Å². The number of phenols is 1. The van der Waals surface area contributed by atoms with E-state index in [1.165, 1.54) is 31.1 Å². The van der Waals surface area contributed by atoms with Crippen molar-refractivity contribution in [3.05, 3.63) is 75.5 Å². The van der Waals surface area contributed by atoms with Crippen molar-refractivity contribution in [1.82, 2.24) is 4.90 Å². The molecule has 3 aliphatic rings. The van der Waals surface area contributed by atoms with Crippen LogP contribution in [0.15, 0.2) is 53.8 Å². The summed E-state index contributed by atoms with van der Waals surface area (Å²) in [6, 6.07) is 9.83. The maximum atomic E-state index is 13.8. The number of carbonyl (C=O) groups is 3. The number of halogens is 1. The summed E-state index contributed by atoms with van der Waals surface area (Å²) >= 11 is 6.17. The Morgan fingerprint density at radius 1 is 1.08 bits per heavy atom. The van der Waals surface area contributed by atoms with E-state index in [4.69, 9.17) is 17.3 Å². The number of nitrogens with zero attached hydrogens (tertiary/aromatic N) is 1. The largest absolute Gasteiger partial charge is 0.508 e. The van der Waals surface area contributed by atoms with Crippen molar-refractivity contribution >= 4 is 40.7 Å². The van der Waals surface area contributed by atoms with Gasteiger partial charge >= 0.3 is 0 Å². The maximum Gasteiger partial charge on any atom is 0.230 e. The number of carbonyl (C=O) groups excluding carboxylic acids is 3. The number of fused-ring (bicyclic) bond motifs is 3. The molecular weight excluding hydrogens is 528 g/mol. The zero-order valence-corrected chi connectivity index (χ0v) is 21.7. The van der Waals surface area contributed by atoms with Crippen LogP contribution >= 0.6 is 11.6 Å². The van der Waals surface area contributed by atoms with Crippen LogP contribution in [-0.4, -0.2) is 85.9 Å². The molecule has 7 N–H and O–H groups in total. The van der Waals surface area contributed by atoms with E-state index in [1.54, 1.807) is 36.4 Å². The first-order valence-corrected chi connectivity index (χ1v) is 12.6. The molecule has 0 aromatic heterocycles. The quantitative estimate of drug-likeness (QED) is 0.300. The lowest BCUT2D eigenvalue weighted by Crippen LogP contribution is -2.74. The third kappa shape index (κ3) is 3.75. The molecule has 2 aromatic rings. The van der Waals surface area contributed by atoms with Crippen LogP contribution in [0, 0.1) is 17.8 Å². The summed E-state index contributed by atoms with van der Waals surface area (Å²) in [5.74, 6) is -9.74. The summed E-state index contributed by atoms with van der Waals surface area (Å²) in [5.41, 5.74) is 2.91. The topological polar surface area (TPSA) is 182 Å². The lowest BCUT2D eigenvalue weighted by Gasteiger charge is -2.55. The first kappa shape index (κ1) is 27.0. The van der Waals surface area contributed by atoms with Crippen LogP contribution in [0.25, 0.3) is 11.6 Å². The van der Waals surface area contributed by atoms with E-state index in [0.717, 1.165) is 0 Å². The number of Topliss-reactive ketones (excluding diaryl/α,β-unsaturated/α-hetero) is 2. The monoisotopic (exact) mass is 554 g/mol. The van der Waals surface area contributed by atoms with Gasteiger partial charge in [0.15, 0.2) is 17.2 Å². The number of aromatic hydroxyl groups is 1. The number of aliphatic hydroxyl groups is 4. The standard InChI is InChI=1S/C28H27ClN2O8/c1-31(2)21-20-23(34)17-14(10-11-5-3-6-12(29)9-11)13-7-4-8-15(32)16(13)22(33)18(17)25(36)28(20,39)26(37)19(24(21)35)27(30)38/h3-10,17,19-21,23-24,32,34-36,39H,1-2H3,(H2,30,38)/b14-10+/t17-,19?,20-,21+,23+,24?,28+/m1/s1. The molecule has 3 aliphatic carbocycles. The lowest BCUT2D eigenvalue weighted by atomic mass is 9.54. The number of ketones is 2. The number of likely N-dealkylation sites (N-methyl/N-ethyl adjacent to an activating group) is 1. The SMILES string of the molecule is CN(C)[C@@H]1C(O)C(C(N)=O)C(=O)[C@@]2(O)C(O)=C3C(=O)c4c(O)cccc4/C(=C\c4cccc(Cl)c4)[C@H]3[C@H](O)[C@@H]12. The summed E-state index contributed by atoms with van der Waals surface area (Å²) in [4.78, 5) is 41.0. The Morgan fingerprint density at radius 3 is 2.36 bits per heavy atom. The van der Waals surface area contributed by atoms with Gasteiger partial charge in [-0.15, -0.1) is 0 Å². The van der Waals surface area contributed by atoms with Gasteiger partial charge in [-0.1, -0.05) is 41.9 Å². The van der Waals surface area contributed by atoms with E-state index in [-0.39, 0.29) is 11.1 Å². The fraction of sp³-hybridized carbons (Fsp3) is 0.321. The van der Waals surface area contributed by atoms with Gasteiger partial charge in [-0.05, 0) is 49.0 Å². The zero-order valence-electron chi connectivity index (χ0n) is 20.9. The van der Waals surface area contributed by atoms with Gasteiger partial charge in [0.05, 0.1) is 23.3 Å². The molecule has 0 radical (unpaired) electrons. The molecule has 0 spiro atoms. The molecule has 0 saturated heterocycles. The average Bonchev–Trinajstić information content (AvgIpc) is 2.85. The highest BCUT2D eigenvalue weighted by Crippen LogP contribution is 2.55. The van der Waals surface area contributed by atoms with Gasteiger partial charge in [0, 0.05) is 22.9 Å². The van der Waals surface area contributed by atoms with Gasteiger partial charge in [-0.2, -0.15) is 0 Å². The van der Waals surface area contributed by atoms with Crippen molar-refractivity contribution in [3.63, 3.8) is 0 Å². The summed E-state index contributed by atoms with van der Waals surface area (Å²) in [6.07, 6.45) is -1.82. The molecular formula is C28H27ClN2O8. The molecule has 0 heterocycles. The van der Waals surface area contributed by atoms with Crippen molar-refractivity contribution in [2.24, 2.45) is 23.5 Å². The van der Waals surface area contributed by atoms with Gasteiger partial charge in [0.2, 0.25) is 5.91 Å². The molecule has 0 bridgehead atoms. The van der Waals surface area contributed by atoms with Gasteiger partial charge in [0.25, 0.3) is 0 Å². The number of phenolic OH excluding ortho intramolecular Hbond substituents is 1. The highest BCUT2D eigenvalue weighted by molar-refractivity contribution is 6.30.